The van der Waals surface area contributed by atoms with E-state index >= 15 is 0 Å². The number of benzene rings is 3. The van der Waals surface area contributed by atoms with Gasteiger partial charge in [0, 0.05) is 30.9 Å². The quantitative estimate of drug-likeness (QED) is 0.523. The molecule has 0 saturated heterocycles. The molecule has 3 aromatic rings. The van der Waals surface area contributed by atoms with Gasteiger partial charge >= 0.3 is 0 Å². The zero-order chi connectivity index (χ0) is 22.5. The largest absolute Gasteiger partial charge is 0.482 e. The van der Waals surface area contributed by atoms with Crippen LogP contribution in [-0.4, -0.2) is 31.5 Å². The first kappa shape index (κ1) is 22.0. The third-order valence-electron chi connectivity index (χ3n) is 5.04. The van der Waals surface area contributed by atoms with Crippen LogP contribution >= 0.6 is 23.2 Å². The maximum absolute atomic E-state index is 12.5. The Kier molecular flexibility index (Phi) is 6.83. The molecule has 0 aliphatic carbocycles. The van der Waals surface area contributed by atoms with Crippen molar-refractivity contribution in [2.45, 2.75) is 6.54 Å². The van der Waals surface area contributed by atoms with E-state index < -0.39 is 0 Å². The summed E-state index contributed by atoms with van der Waals surface area (Å²) < 4.78 is 5.57. The molecule has 8 heteroatoms. The summed E-state index contributed by atoms with van der Waals surface area (Å²) in [4.78, 5) is 26.4. The number of carbonyl (C=O) groups is 2. The number of anilines is 2. The molecule has 1 aliphatic rings. The molecule has 0 radical (unpaired) electrons. The first-order valence-electron chi connectivity index (χ1n) is 10.1. The number of nitrogens with zero attached hydrogens (tertiary/aromatic N) is 1. The Labute approximate surface area is 196 Å². The minimum atomic E-state index is -0.177. The molecule has 0 aromatic heterocycles. The summed E-state index contributed by atoms with van der Waals surface area (Å²) >= 11 is 12.1. The number of amides is 2. The van der Waals surface area contributed by atoms with Crippen LogP contribution in [-0.2, 0) is 11.3 Å². The third-order valence-corrected chi connectivity index (χ3v) is 5.78. The number of rotatable bonds is 7. The van der Waals surface area contributed by atoms with Gasteiger partial charge in [0.25, 0.3) is 11.8 Å². The number of hydrogen-bond acceptors (Lipinski definition) is 4. The second-order valence-corrected chi connectivity index (χ2v) is 8.05. The number of hydrogen-bond donors (Lipinski definition) is 2. The maximum atomic E-state index is 12.5. The van der Waals surface area contributed by atoms with Crippen LogP contribution in [0.15, 0.2) is 66.7 Å². The number of carbonyl (C=O) groups excluding carboxylic acids is 2. The summed E-state index contributed by atoms with van der Waals surface area (Å²) in [5.41, 5.74) is 3.04. The molecule has 2 amide bonds. The Bertz CT molecular complexity index is 1140. The fourth-order valence-electron chi connectivity index (χ4n) is 3.38. The summed E-state index contributed by atoms with van der Waals surface area (Å²) in [6.45, 7) is 1.16. The van der Waals surface area contributed by atoms with Crippen LogP contribution in [0.1, 0.15) is 15.9 Å². The van der Waals surface area contributed by atoms with E-state index in [9.17, 15) is 9.59 Å². The first-order chi connectivity index (χ1) is 15.5. The van der Waals surface area contributed by atoms with Gasteiger partial charge in [-0.3, -0.25) is 9.59 Å². The van der Waals surface area contributed by atoms with Gasteiger partial charge in [0.05, 0.1) is 15.7 Å². The standard InChI is InChI=1S/C24H21Cl2N3O3/c25-19-8-6-16(12-20(19)26)14-28-18-7-9-22-21(13-18)29(23(30)15-32-22)11-10-27-24(31)17-4-2-1-3-5-17/h1-9,12-13,28H,10-11,14-15H2,(H,27,31). The zero-order valence-corrected chi connectivity index (χ0v) is 18.6. The van der Waals surface area contributed by atoms with Crippen LogP contribution in [0, 0.1) is 0 Å². The van der Waals surface area contributed by atoms with E-state index in [1.165, 1.54) is 0 Å². The van der Waals surface area contributed by atoms with Crippen molar-refractivity contribution in [1.82, 2.24) is 5.32 Å². The Morgan fingerprint density at radius 2 is 1.81 bits per heavy atom. The zero-order valence-electron chi connectivity index (χ0n) is 17.1. The molecule has 6 nitrogen and oxygen atoms in total. The Morgan fingerprint density at radius 1 is 1.00 bits per heavy atom. The van der Waals surface area contributed by atoms with Gasteiger partial charge in [0.15, 0.2) is 6.61 Å². The van der Waals surface area contributed by atoms with Crippen LogP contribution in [0.25, 0.3) is 0 Å². The summed E-state index contributed by atoms with van der Waals surface area (Å²) in [5, 5.41) is 7.19. The topological polar surface area (TPSA) is 70.7 Å². The van der Waals surface area contributed by atoms with Crippen LogP contribution in [0.5, 0.6) is 5.75 Å². The van der Waals surface area contributed by atoms with Crippen LogP contribution in [0.2, 0.25) is 10.0 Å². The van der Waals surface area contributed by atoms with Crippen molar-refractivity contribution < 1.29 is 14.3 Å². The van der Waals surface area contributed by atoms with E-state index in [1.54, 1.807) is 23.1 Å². The van der Waals surface area contributed by atoms with Gasteiger partial charge in [-0.2, -0.15) is 0 Å². The van der Waals surface area contributed by atoms with Gasteiger partial charge in [-0.1, -0.05) is 47.5 Å². The molecule has 3 aromatic carbocycles. The number of halogens is 2. The predicted molar refractivity (Wildman–Crippen MR) is 127 cm³/mol. The minimum absolute atomic E-state index is 0.0321. The van der Waals surface area contributed by atoms with E-state index in [-0.39, 0.29) is 18.4 Å². The van der Waals surface area contributed by atoms with Gasteiger partial charge < -0.3 is 20.3 Å². The van der Waals surface area contributed by atoms with Crippen LogP contribution in [0.3, 0.4) is 0 Å². The van der Waals surface area contributed by atoms with Gasteiger partial charge in [0.1, 0.15) is 5.75 Å². The van der Waals surface area contributed by atoms with E-state index in [4.69, 9.17) is 27.9 Å². The highest BCUT2D eigenvalue weighted by Gasteiger charge is 2.25. The molecular formula is C24H21Cl2N3O3. The van der Waals surface area contributed by atoms with E-state index in [0.29, 0.717) is 46.7 Å². The lowest BCUT2D eigenvalue weighted by atomic mass is 10.2. The van der Waals surface area contributed by atoms with Crippen molar-refractivity contribution in [3.8, 4) is 5.75 Å². The summed E-state index contributed by atoms with van der Waals surface area (Å²) in [7, 11) is 0. The molecule has 4 rings (SSSR count). The SMILES string of the molecule is O=C(NCCN1C(=O)COc2ccc(NCc3ccc(Cl)c(Cl)c3)cc21)c1ccccc1. The molecule has 0 spiro atoms. The average molecular weight is 470 g/mol. The lowest BCUT2D eigenvalue weighted by Gasteiger charge is -2.30. The lowest BCUT2D eigenvalue weighted by molar-refractivity contribution is -0.121. The summed E-state index contributed by atoms with van der Waals surface area (Å²) in [6.07, 6.45) is 0. The minimum Gasteiger partial charge on any atom is -0.482 e. The summed E-state index contributed by atoms with van der Waals surface area (Å²) in [6, 6.07) is 20.0. The highest BCUT2D eigenvalue weighted by atomic mass is 35.5. The maximum Gasteiger partial charge on any atom is 0.265 e. The fourth-order valence-corrected chi connectivity index (χ4v) is 3.70. The second kappa shape index (κ2) is 9.94. The molecule has 1 aliphatic heterocycles. The van der Waals surface area contributed by atoms with E-state index in [0.717, 1.165) is 11.3 Å². The Balaban J connectivity index is 1.42. The predicted octanol–water partition coefficient (Wildman–Crippen LogP) is 4.76. The van der Waals surface area contributed by atoms with Gasteiger partial charge in [-0.25, -0.2) is 0 Å². The van der Waals surface area contributed by atoms with Crippen molar-refractivity contribution in [3.05, 3.63) is 87.9 Å². The number of ether oxygens (including phenoxy) is 1. The van der Waals surface area contributed by atoms with E-state index in [2.05, 4.69) is 10.6 Å². The van der Waals surface area contributed by atoms with Crippen molar-refractivity contribution in [2.24, 2.45) is 0 Å². The lowest BCUT2D eigenvalue weighted by Crippen LogP contribution is -2.43. The first-order valence-corrected chi connectivity index (χ1v) is 10.8. The molecule has 0 fully saturated rings. The van der Waals surface area contributed by atoms with Gasteiger partial charge in [0.2, 0.25) is 0 Å². The van der Waals surface area contributed by atoms with Crippen molar-refractivity contribution in [3.63, 3.8) is 0 Å². The molecule has 2 N–H and O–H groups in total. The molecule has 0 atom stereocenters. The molecule has 32 heavy (non-hydrogen) atoms. The highest BCUT2D eigenvalue weighted by Crippen LogP contribution is 2.34. The Morgan fingerprint density at radius 3 is 2.59 bits per heavy atom. The molecule has 1 heterocycles. The van der Waals surface area contributed by atoms with Gasteiger partial charge in [-0.05, 0) is 48.0 Å². The second-order valence-electron chi connectivity index (χ2n) is 7.24. The molecule has 0 unspecified atom stereocenters. The number of nitrogens with one attached hydrogen (secondary N) is 2. The smallest absolute Gasteiger partial charge is 0.265 e. The fraction of sp³-hybridized carbons (Fsp3) is 0.167. The Hall–Kier alpha value is -3.22. The van der Waals surface area contributed by atoms with Gasteiger partial charge in [-0.15, -0.1) is 0 Å². The molecular weight excluding hydrogens is 449 g/mol. The van der Waals surface area contributed by atoms with Crippen LogP contribution in [0.4, 0.5) is 11.4 Å². The van der Waals surface area contributed by atoms with Crippen molar-refractivity contribution in [1.29, 1.82) is 0 Å². The monoisotopic (exact) mass is 469 g/mol. The number of fused-ring (bicyclic) bond motifs is 1. The highest BCUT2D eigenvalue weighted by molar-refractivity contribution is 6.42. The average Bonchev–Trinajstić information content (AvgIpc) is 2.81. The summed E-state index contributed by atoms with van der Waals surface area (Å²) in [5.74, 6) is 0.288. The molecule has 0 saturated carbocycles. The van der Waals surface area contributed by atoms with Crippen molar-refractivity contribution >= 4 is 46.4 Å². The third kappa shape index (κ3) is 5.15. The molecule has 0 bridgehead atoms. The molecule has 164 valence electrons. The van der Waals surface area contributed by atoms with Crippen molar-refractivity contribution in [2.75, 3.05) is 29.9 Å². The van der Waals surface area contributed by atoms with E-state index in [1.807, 2.05) is 48.5 Å². The normalized spacial score (nSPS) is 12.7. The van der Waals surface area contributed by atoms with Crippen LogP contribution < -0.4 is 20.3 Å².